The SMILES string of the molecule is Cn1c(SCC(=O)N2CCC[C@@H]2c2ccc3c(c2)OCCO3)nc2sc3c(c2c1=O)CCC3. The van der Waals surface area contributed by atoms with Crippen LogP contribution in [0.3, 0.4) is 0 Å². The topological polar surface area (TPSA) is 73.7 Å². The summed E-state index contributed by atoms with van der Waals surface area (Å²) in [5.41, 5.74) is 2.27. The fraction of sp³-hybridized carbons (Fsp3) is 0.458. The lowest BCUT2D eigenvalue weighted by atomic mass is 10.0. The van der Waals surface area contributed by atoms with Crippen LogP contribution in [0.15, 0.2) is 28.2 Å². The van der Waals surface area contributed by atoms with Crippen molar-refractivity contribution in [3.63, 3.8) is 0 Å². The molecule has 3 aliphatic rings. The van der Waals surface area contributed by atoms with Gasteiger partial charge in [-0.15, -0.1) is 11.3 Å². The van der Waals surface area contributed by atoms with Crippen molar-refractivity contribution in [1.29, 1.82) is 0 Å². The molecule has 1 fully saturated rings. The first-order valence-corrected chi connectivity index (χ1v) is 13.2. The third kappa shape index (κ3) is 3.61. The number of thiophene rings is 1. The van der Waals surface area contributed by atoms with Gasteiger partial charge in [-0.1, -0.05) is 17.8 Å². The largest absolute Gasteiger partial charge is 0.486 e. The number of aryl methyl sites for hydroxylation is 2. The Kier molecular flexibility index (Phi) is 5.33. The van der Waals surface area contributed by atoms with E-state index >= 15 is 0 Å². The number of hydrogen-bond acceptors (Lipinski definition) is 7. The zero-order valence-electron chi connectivity index (χ0n) is 18.5. The number of fused-ring (bicyclic) bond motifs is 4. The van der Waals surface area contributed by atoms with Crippen molar-refractivity contribution in [1.82, 2.24) is 14.5 Å². The first-order valence-electron chi connectivity index (χ1n) is 11.4. The molecule has 6 rings (SSSR count). The van der Waals surface area contributed by atoms with Crippen molar-refractivity contribution in [2.75, 3.05) is 25.5 Å². The van der Waals surface area contributed by atoms with E-state index in [-0.39, 0.29) is 23.3 Å². The molecule has 3 aromatic rings. The zero-order chi connectivity index (χ0) is 22.5. The molecule has 0 spiro atoms. The predicted molar refractivity (Wildman–Crippen MR) is 129 cm³/mol. The molecule has 2 aliphatic heterocycles. The van der Waals surface area contributed by atoms with Gasteiger partial charge in [0.1, 0.15) is 18.0 Å². The fourth-order valence-corrected chi connectivity index (χ4v) is 7.28. The Morgan fingerprint density at radius 2 is 2.06 bits per heavy atom. The molecule has 7 nitrogen and oxygen atoms in total. The van der Waals surface area contributed by atoms with Crippen molar-refractivity contribution in [3.05, 3.63) is 44.6 Å². The van der Waals surface area contributed by atoms with Crippen molar-refractivity contribution in [3.8, 4) is 11.5 Å². The monoisotopic (exact) mass is 483 g/mol. The van der Waals surface area contributed by atoms with Crippen LogP contribution in [0.2, 0.25) is 0 Å². The molecular formula is C24H25N3O4S2. The number of carbonyl (C=O) groups excluding carboxylic acids is 1. The number of ether oxygens (including phenoxy) is 2. The Balaban J connectivity index is 1.20. The molecule has 9 heteroatoms. The average molecular weight is 484 g/mol. The Morgan fingerprint density at radius 3 is 2.94 bits per heavy atom. The van der Waals surface area contributed by atoms with E-state index in [9.17, 15) is 9.59 Å². The Hall–Kier alpha value is -2.52. The van der Waals surface area contributed by atoms with E-state index in [1.807, 2.05) is 23.1 Å². The highest BCUT2D eigenvalue weighted by molar-refractivity contribution is 7.99. The highest BCUT2D eigenvalue weighted by Crippen LogP contribution is 2.39. The van der Waals surface area contributed by atoms with Gasteiger partial charge in [-0.05, 0) is 55.4 Å². The minimum atomic E-state index is 0.00433. The Bertz CT molecular complexity index is 1320. The van der Waals surface area contributed by atoms with E-state index in [1.165, 1.54) is 22.2 Å². The first kappa shape index (κ1) is 21.0. The second kappa shape index (κ2) is 8.36. The van der Waals surface area contributed by atoms with Crippen LogP contribution in [0.4, 0.5) is 0 Å². The molecule has 0 bridgehead atoms. The third-order valence-corrected chi connectivity index (χ3v) is 8.95. The van der Waals surface area contributed by atoms with E-state index in [0.717, 1.165) is 65.9 Å². The summed E-state index contributed by atoms with van der Waals surface area (Å²) < 4.78 is 13.0. The van der Waals surface area contributed by atoms with Gasteiger partial charge in [-0.25, -0.2) is 4.98 Å². The number of likely N-dealkylation sites (tertiary alicyclic amines) is 1. The molecule has 0 saturated carbocycles. The number of rotatable bonds is 4. The predicted octanol–water partition coefficient (Wildman–Crippen LogP) is 3.71. The van der Waals surface area contributed by atoms with Gasteiger partial charge in [0.15, 0.2) is 16.7 Å². The van der Waals surface area contributed by atoms with E-state index in [4.69, 9.17) is 14.5 Å². The van der Waals surface area contributed by atoms with Crippen molar-refractivity contribution < 1.29 is 14.3 Å². The summed E-state index contributed by atoms with van der Waals surface area (Å²) in [7, 11) is 1.76. The molecular weight excluding hydrogens is 458 g/mol. The molecule has 1 aliphatic carbocycles. The van der Waals surface area contributed by atoms with Crippen molar-refractivity contribution in [2.45, 2.75) is 43.3 Å². The van der Waals surface area contributed by atoms with Crippen LogP contribution in [0.1, 0.15) is 41.3 Å². The van der Waals surface area contributed by atoms with E-state index in [2.05, 4.69) is 0 Å². The zero-order valence-corrected chi connectivity index (χ0v) is 20.1. The fourth-order valence-electron chi connectivity index (χ4n) is 5.12. The summed E-state index contributed by atoms with van der Waals surface area (Å²) in [4.78, 5) is 35.1. The van der Waals surface area contributed by atoms with Crippen LogP contribution >= 0.6 is 23.1 Å². The van der Waals surface area contributed by atoms with Gasteiger partial charge < -0.3 is 14.4 Å². The molecule has 1 aromatic carbocycles. The molecule has 0 N–H and O–H groups in total. The quantitative estimate of drug-likeness (QED) is 0.416. The minimum absolute atomic E-state index is 0.00433. The average Bonchev–Trinajstić information content (AvgIpc) is 3.56. The number of hydrogen-bond donors (Lipinski definition) is 0. The maximum Gasteiger partial charge on any atom is 0.262 e. The lowest BCUT2D eigenvalue weighted by molar-refractivity contribution is -0.129. The first-order chi connectivity index (χ1) is 16.1. The number of nitrogens with zero attached hydrogens (tertiary/aromatic N) is 3. The molecule has 1 saturated heterocycles. The normalized spacial score (nSPS) is 19.3. The number of benzene rings is 1. The summed E-state index contributed by atoms with van der Waals surface area (Å²) >= 11 is 2.99. The Labute approximate surface area is 199 Å². The second-order valence-electron chi connectivity index (χ2n) is 8.73. The van der Waals surface area contributed by atoms with Crippen LogP contribution in [0, 0.1) is 0 Å². The number of aromatic nitrogens is 2. The molecule has 1 atom stereocenters. The lowest BCUT2D eigenvalue weighted by Gasteiger charge is -2.26. The van der Waals surface area contributed by atoms with Gasteiger partial charge in [0.25, 0.3) is 5.56 Å². The maximum atomic E-state index is 13.2. The molecule has 2 aromatic heterocycles. The number of carbonyl (C=O) groups is 1. The smallest absolute Gasteiger partial charge is 0.262 e. The highest BCUT2D eigenvalue weighted by Gasteiger charge is 2.31. The Morgan fingerprint density at radius 1 is 1.21 bits per heavy atom. The second-order valence-corrected chi connectivity index (χ2v) is 10.8. The van der Waals surface area contributed by atoms with Crippen LogP contribution < -0.4 is 15.0 Å². The maximum absolute atomic E-state index is 13.2. The summed E-state index contributed by atoms with van der Waals surface area (Å²) in [6.45, 7) is 1.85. The van der Waals surface area contributed by atoms with Crippen LogP contribution in [0.5, 0.6) is 11.5 Å². The molecule has 33 heavy (non-hydrogen) atoms. The third-order valence-electron chi connectivity index (χ3n) is 6.75. The van der Waals surface area contributed by atoms with Gasteiger partial charge in [0.05, 0.1) is 17.2 Å². The van der Waals surface area contributed by atoms with Gasteiger partial charge in [0.2, 0.25) is 5.91 Å². The van der Waals surface area contributed by atoms with E-state index < -0.39 is 0 Å². The number of thioether (sulfide) groups is 1. The van der Waals surface area contributed by atoms with Crippen LogP contribution in [0.25, 0.3) is 10.2 Å². The lowest BCUT2D eigenvalue weighted by Crippen LogP contribution is -2.32. The van der Waals surface area contributed by atoms with E-state index in [0.29, 0.717) is 18.4 Å². The summed E-state index contributed by atoms with van der Waals surface area (Å²) in [5.74, 6) is 1.85. The summed E-state index contributed by atoms with van der Waals surface area (Å²) in [6.07, 6.45) is 5.02. The summed E-state index contributed by atoms with van der Waals surface area (Å²) in [5, 5.41) is 1.39. The standard InChI is InChI=1S/C24H25N3O4S2/c1-26-23(29)21-15-4-2-6-19(15)33-22(21)25-24(26)32-13-20(28)27-9-3-5-16(27)14-7-8-17-18(12-14)31-11-10-30-17/h7-8,12,16H,2-6,9-11,13H2,1H3/t16-/m1/s1. The van der Waals surface area contributed by atoms with Crippen LogP contribution in [-0.4, -0.2) is 45.9 Å². The highest BCUT2D eigenvalue weighted by atomic mass is 32.2. The minimum Gasteiger partial charge on any atom is -0.486 e. The van der Waals surface area contributed by atoms with Gasteiger partial charge in [0, 0.05) is 18.5 Å². The van der Waals surface area contributed by atoms with Crippen molar-refractivity contribution >= 4 is 39.2 Å². The van der Waals surface area contributed by atoms with Crippen LogP contribution in [-0.2, 0) is 24.7 Å². The number of amides is 1. The summed E-state index contributed by atoms with van der Waals surface area (Å²) in [6, 6.07) is 6.01. The van der Waals surface area contributed by atoms with E-state index in [1.54, 1.807) is 23.0 Å². The van der Waals surface area contributed by atoms with Gasteiger partial charge in [-0.2, -0.15) is 0 Å². The van der Waals surface area contributed by atoms with Gasteiger partial charge in [-0.3, -0.25) is 14.2 Å². The van der Waals surface area contributed by atoms with Gasteiger partial charge >= 0.3 is 0 Å². The molecule has 0 radical (unpaired) electrons. The molecule has 0 unspecified atom stereocenters. The molecule has 1 amide bonds. The van der Waals surface area contributed by atoms with Crippen molar-refractivity contribution in [2.24, 2.45) is 7.05 Å². The molecule has 4 heterocycles. The molecule has 172 valence electrons.